The molecule has 0 amide bonds. The van der Waals surface area contributed by atoms with E-state index in [1.807, 2.05) is 0 Å². The predicted octanol–water partition coefficient (Wildman–Crippen LogP) is 6.23. The third kappa shape index (κ3) is 7.20. The molecule has 3 rings (SSSR count). The number of halogens is 2. The first-order chi connectivity index (χ1) is 17.9. The highest BCUT2D eigenvalue weighted by Crippen LogP contribution is 2.37. The van der Waals surface area contributed by atoms with E-state index in [1.165, 1.54) is 6.07 Å². The molecular weight excluding hydrogens is 537 g/mol. The second kappa shape index (κ2) is 13.2. The number of carbonyl (C=O) groups is 2. The first kappa shape index (κ1) is 30.2. The summed E-state index contributed by atoms with van der Waals surface area (Å²) in [5.41, 5.74) is -0.0686. The maximum absolute atomic E-state index is 13.9. The van der Waals surface area contributed by atoms with Gasteiger partial charge in [-0.1, -0.05) is 44.9 Å². The Kier molecular flexibility index (Phi) is 10.5. The monoisotopic (exact) mass is 573 g/mol. The van der Waals surface area contributed by atoms with E-state index in [2.05, 4.69) is 20.8 Å². The van der Waals surface area contributed by atoms with E-state index in [0.717, 1.165) is 29.3 Å². The van der Waals surface area contributed by atoms with E-state index in [1.54, 1.807) is 13.0 Å². The molecule has 0 bridgehead atoms. The van der Waals surface area contributed by atoms with E-state index in [4.69, 9.17) is 25.8 Å². The second-order valence-electron chi connectivity index (χ2n) is 10.3. The lowest BCUT2D eigenvalue weighted by Gasteiger charge is -2.36. The molecule has 11 heteroatoms. The van der Waals surface area contributed by atoms with Crippen LogP contribution in [0.3, 0.4) is 0 Å². The highest BCUT2D eigenvalue weighted by Gasteiger charge is 2.41. The summed E-state index contributed by atoms with van der Waals surface area (Å²) < 4.78 is 58.5. The van der Waals surface area contributed by atoms with Gasteiger partial charge in [-0.25, -0.2) is 26.7 Å². The van der Waals surface area contributed by atoms with Crippen LogP contribution < -0.4 is 4.31 Å². The molecule has 2 aliphatic rings. The Hall–Kier alpha value is -2.33. The van der Waals surface area contributed by atoms with Gasteiger partial charge in [0.1, 0.15) is 17.2 Å². The summed E-state index contributed by atoms with van der Waals surface area (Å²) in [6, 6.07) is 3.22. The number of hydrogen-bond donors (Lipinski definition) is 0. The van der Waals surface area contributed by atoms with E-state index >= 15 is 0 Å². The van der Waals surface area contributed by atoms with Gasteiger partial charge >= 0.3 is 12.1 Å². The van der Waals surface area contributed by atoms with Crippen LogP contribution in [0.25, 0.3) is 0 Å². The molecule has 1 aromatic rings. The van der Waals surface area contributed by atoms with Gasteiger partial charge in [-0.05, 0) is 75.0 Å². The molecule has 212 valence electrons. The Morgan fingerprint density at radius 3 is 2.58 bits per heavy atom. The average Bonchev–Trinajstić information content (AvgIpc) is 2.85. The lowest BCUT2D eigenvalue weighted by molar-refractivity contribution is -0.138. The molecular formula is C27H37ClFNO7S. The third-order valence-electron chi connectivity index (χ3n) is 7.25. The molecule has 1 aromatic carbocycles. The SMILES string of the molecule is CCOC(=O)C1=CCCCC1S(=O)(=O)N(COC(=O)O[C@@H]1C[C@H](C)CC[C@H]1C(C)C)c1ccc(F)cc1Cl. The van der Waals surface area contributed by atoms with Crippen molar-refractivity contribution in [3.05, 3.63) is 40.7 Å². The molecule has 2 aliphatic carbocycles. The summed E-state index contributed by atoms with van der Waals surface area (Å²) >= 11 is 6.23. The standard InChI is InChI=1S/C27H37ClFNO7S/c1-5-35-26(31)21-8-6-7-9-25(21)38(33,34)30(23-13-11-19(29)15-22(23)28)16-36-27(32)37-24-14-18(4)10-12-20(24)17(2)3/h8,11,13,15,17-18,20,24-25H,5-7,9-10,12,14,16H2,1-4H3/t18-,20+,24-,25?/m1/s1. The fraction of sp³-hybridized carbons (Fsp3) is 0.630. The van der Waals surface area contributed by atoms with Crippen LogP contribution in [-0.2, 0) is 29.0 Å². The number of hydrogen-bond acceptors (Lipinski definition) is 7. The first-order valence-corrected chi connectivity index (χ1v) is 15.0. The quantitative estimate of drug-likeness (QED) is 0.255. The number of sulfonamides is 1. The van der Waals surface area contributed by atoms with Crippen molar-refractivity contribution in [1.82, 2.24) is 0 Å². The highest BCUT2D eigenvalue weighted by molar-refractivity contribution is 7.93. The fourth-order valence-corrected chi connectivity index (χ4v) is 7.46. The van der Waals surface area contributed by atoms with Crippen LogP contribution >= 0.6 is 11.6 Å². The molecule has 0 heterocycles. The van der Waals surface area contributed by atoms with E-state index in [0.29, 0.717) is 31.1 Å². The van der Waals surface area contributed by atoms with Gasteiger partial charge in [-0.2, -0.15) is 0 Å². The van der Waals surface area contributed by atoms with Crippen molar-refractivity contribution in [2.45, 2.75) is 77.6 Å². The number of benzene rings is 1. The van der Waals surface area contributed by atoms with Gasteiger partial charge in [-0.15, -0.1) is 0 Å². The minimum Gasteiger partial charge on any atom is -0.463 e. The number of rotatable bonds is 9. The lowest BCUT2D eigenvalue weighted by Crippen LogP contribution is -2.44. The van der Waals surface area contributed by atoms with Crippen LogP contribution in [-0.4, -0.2) is 45.2 Å². The fourth-order valence-electron chi connectivity index (χ4n) is 5.22. The Morgan fingerprint density at radius 1 is 1.18 bits per heavy atom. The molecule has 0 aromatic heterocycles. The van der Waals surface area contributed by atoms with Crippen LogP contribution in [0, 0.1) is 23.6 Å². The normalized spacial score (nSPS) is 23.9. The van der Waals surface area contributed by atoms with Crippen LogP contribution in [0.1, 0.15) is 66.2 Å². The molecule has 0 N–H and O–H groups in total. The predicted molar refractivity (Wildman–Crippen MR) is 143 cm³/mol. The van der Waals surface area contributed by atoms with Crippen LogP contribution in [0.15, 0.2) is 29.8 Å². The van der Waals surface area contributed by atoms with Gasteiger partial charge in [0.15, 0.2) is 6.73 Å². The average molecular weight is 574 g/mol. The number of allylic oxidation sites excluding steroid dienone is 1. The van der Waals surface area contributed by atoms with Gasteiger partial charge in [0.2, 0.25) is 10.0 Å². The molecule has 0 aliphatic heterocycles. The van der Waals surface area contributed by atoms with Gasteiger partial charge in [0.05, 0.1) is 22.9 Å². The molecule has 0 saturated heterocycles. The minimum atomic E-state index is -4.36. The van der Waals surface area contributed by atoms with Crippen molar-refractivity contribution in [3.63, 3.8) is 0 Å². The zero-order valence-electron chi connectivity index (χ0n) is 22.3. The van der Waals surface area contributed by atoms with Crippen LogP contribution in [0.4, 0.5) is 14.9 Å². The Labute approximate surface area is 229 Å². The zero-order valence-corrected chi connectivity index (χ0v) is 23.9. The van der Waals surface area contributed by atoms with Crippen LogP contribution in [0.5, 0.6) is 0 Å². The molecule has 38 heavy (non-hydrogen) atoms. The summed E-state index contributed by atoms with van der Waals surface area (Å²) in [6.07, 6.45) is 4.08. The summed E-state index contributed by atoms with van der Waals surface area (Å²) in [7, 11) is -4.36. The van der Waals surface area contributed by atoms with E-state index in [9.17, 15) is 22.4 Å². The summed E-state index contributed by atoms with van der Waals surface area (Å²) in [6.45, 7) is 7.21. The summed E-state index contributed by atoms with van der Waals surface area (Å²) in [5.74, 6) is -0.527. The van der Waals surface area contributed by atoms with Gasteiger partial charge < -0.3 is 14.2 Å². The Bertz CT molecular complexity index is 1140. The summed E-state index contributed by atoms with van der Waals surface area (Å²) in [5, 5.41) is -1.44. The number of ether oxygens (including phenoxy) is 3. The van der Waals surface area contributed by atoms with Crippen molar-refractivity contribution in [2.75, 3.05) is 17.6 Å². The topological polar surface area (TPSA) is 99.2 Å². The minimum absolute atomic E-state index is 0.0138. The smallest absolute Gasteiger partial charge is 0.463 e. The number of nitrogens with zero attached hydrogens (tertiary/aromatic N) is 1. The van der Waals surface area contributed by atoms with Crippen molar-refractivity contribution in [1.29, 1.82) is 0 Å². The number of carbonyl (C=O) groups excluding carboxylic acids is 2. The Morgan fingerprint density at radius 2 is 1.92 bits per heavy atom. The first-order valence-electron chi connectivity index (χ1n) is 13.1. The molecule has 8 nitrogen and oxygen atoms in total. The third-order valence-corrected chi connectivity index (χ3v) is 9.67. The molecule has 0 spiro atoms. The maximum Gasteiger partial charge on any atom is 0.510 e. The van der Waals surface area contributed by atoms with Crippen molar-refractivity contribution in [2.24, 2.45) is 17.8 Å². The summed E-state index contributed by atoms with van der Waals surface area (Å²) in [4.78, 5) is 25.3. The zero-order chi connectivity index (χ0) is 28.0. The molecule has 1 unspecified atom stereocenters. The van der Waals surface area contributed by atoms with E-state index < -0.39 is 39.9 Å². The molecule has 1 fully saturated rings. The molecule has 1 saturated carbocycles. The number of anilines is 1. The van der Waals surface area contributed by atoms with Crippen molar-refractivity contribution < 1.29 is 36.6 Å². The second-order valence-corrected chi connectivity index (χ2v) is 12.7. The lowest BCUT2D eigenvalue weighted by atomic mass is 9.75. The van der Waals surface area contributed by atoms with E-state index in [-0.39, 0.29) is 41.3 Å². The van der Waals surface area contributed by atoms with Gasteiger partial charge in [0.25, 0.3) is 0 Å². The largest absolute Gasteiger partial charge is 0.510 e. The molecule has 0 radical (unpaired) electrons. The van der Waals surface area contributed by atoms with Gasteiger partial charge in [-0.3, -0.25) is 0 Å². The highest BCUT2D eigenvalue weighted by atomic mass is 35.5. The number of esters is 1. The maximum atomic E-state index is 13.9. The Balaban J connectivity index is 1.87. The van der Waals surface area contributed by atoms with Crippen LogP contribution in [0.2, 0.25) is 5.02 Å². The molecule has 4 atom stereocenters. The van der Waals surface area contributed by atoms with Crippen molar-refractivity contribution >= 4 is 39.4 Å². The van der Waals surface area contributed by atoms with Crippen molar-refractivity contribution in [3.8, 4) is 0 Å². The van der Waals surface area contributed by atoms with Gasteiger partial charge in [0, 0.05) is 0 Å².